The summed E-state index contributed by atoms with van der Waals surface area (Å²) in [7, 11) is -5.69. The first-order valence-corrected chi connectivity index (χ1v) is 5.84. The molecule has 12 heteroatoms. The molecule has 112 valence electrons. The van der Waals surface area contributed by atoms with E-state index in [2.05, 4.69) is 0 Å². The van der Waals surface area contributed by atoms with Crippen LogP contribution in [0.3, 0.4) is 0 Å². The van der Waals surface area contributed by atoms with Crippen molar-refractivity contribution in [3.05, 3.63) is 33.9 Å². The molecular formula is C8H3F6NO4S. The first kappa shape index (κ1) is 16.2. The molecule has 5 nitrogen and oxygen atoms in total. The molecular weight excluding hydrogens is 320 g/mol. The molecule has 0 aliphatic heterocycles. The van der Waals surface area contributed by atoms with Crippen LogP contribution < -0.4 is 0 Å². The SMILES string of the molecule is O=[N+]([O-])c1cc(C(F)(F)C(F)(F)F)cc(S(=O)(=O)F)c1. The van der Waals surface area contributed by atoms with Crippen molar-refractivity contribution in [2.45, 2.75) is 17.0 Å². The zero-order valence-corrected chi connectivity index (χ0v) is 9.80. The van der Waals surface area contributed by atoms with E-state index in [0.29, 0.717) is 0 Å². The second-order valence-corrected chi connectivity index (χ2v) is 4.83. The summed E-state index contributed by atoms with van der Waals surface area (Å²) in [5.74, 6) is -5.57. The fourth-order valence-electron chi connectivity index (χ4n) is 1.17. The van der Waals surface area contributed by atoms with Gasteiger partial charge in [0.1, 0.15) is 4.90 Å². The summed E-state index contributed by atoms with van der Waals surface area (Å²) in [4.78, 5) is 7.28. The summed E-state index contributed by atoms with van der Waals surface area (Å²) in [6.45, 7) is 0. The van der Waals surface area contributed by atoms with Crippen molar-refractivity contribution in [3.63, 3.8) is 0 Å². The molecule has 0 heterocycles. The minimum Gasteiger partial charge on any atom is -0.258 e. The quantitative estimate of drug-likeness (QED) is 0.371. The summed E-state index contributed by atoms with van der Waals surface area (Å²) in [5, 5.41) is 10.4. The van der Waals surface area contributed by atoms with Gasteiger partial charge < -0.3 is 0 Å². The van der Waals surface area contributed by atoms with Crippen LogP contribution in [0.4, 0.5) is 31.5 Å². The largest absolute Gasteiger partial charge is 0.458 e. The summed E-state index contributed by atoms with van der Waals surface area (Å²) >= 11 is 0. The van der Waals surface area contributed by atoms with Crippen LogP contribution >= 0.6 is 0 Å². The Kier molecular flexibility index (Phi) is 3.74. The molecule has 0 saturated heterocycles. The number of non-ortho nitro benzene ring substituents is 1. The van der Waals surface area contributed by atoms with Crippen LogP contribution in [0.2, 0.25) is 0 Å². The van der Waals surface area contributed by atoms with Gasteiger partial charge in [-0.3, -0.25) is 10.1 Å². The Bertz CT molecular complexity index is 653. The fraction of sp³-hybridized carbons (Fsp3) is 0.250. The summed E-state index contributed by atoms with van der Waals surface area (Å²) in [6.07, 6.45) is -6.13. The van der Waals surface area contributed by atoms with Crippen LogP contribution in [0, 0.1) is 10.1 Å². The zero-order chi connectivity index (χ0) is 15.9. The van der Waals surface area contributed by atoms with Gasteiger partial charge in [-0.1, -0.05) is 0 Å². The predicted octanol–water partition coefficient (Wildman–Crippen LogP) is 2.91. The van der Waals surface area contributed by atoms with Gasteiger partial charge in [0.25, 0.3) is 5.69 Å². The highest BCUT2D eigenvalue weighted by molar-refractivity contribution is 7.86. The minimum atomic E-state index is -6.13. The molecule has 0 fully saturated rings. The number of nitro benzene ring substituents is 1. The summed E-state index contributed by atoms with van der Waals surface area (Å²) in [6, 6.07) is -0.455. The topological polar surface area (TPSA) is 77.3 Å². The molecule has 0 unspecified atom stereocenters. The summed E-state index contributed by atoms with van der Waals surface area (Å²) < 4.78 is 96.1. The van der Waals surface area contributed by atoms with E-state index in [9.17, 15) is 44.4 Å². The predicted molar refractivity (Wildman–Crippen MR) is 51.3 cm³/mol. The Morgan fingerprint density at radius 3 is 1.90 bits per heavy atom. The van der Waals surface area contributed by atoms with Crippen LogP contribution in [0.5, 0.6) is 0 Å². The van der Waals surface area contributed by atoms with Gasteiger partial charge in [0.15, 0.2) is 0 Å². The molecule has 0 amide bonds. The third-order valence-electron chi connectivity index (χ3n) is 2.10. The fourth-order valence-corrected chi connectivity index (χ4v) is 1.70. The number of hydrogen-bond donors (Lipinski definition) is 0. The van der Waals surface area contributed by atoms with E-state index in [1.165, 1.54) is 0 Å². The van der Waals surface area contributed by atoms with Crippen molar-refractivity contribution < 1.29 is 39.2 Å². The molecule has 1 aromatic carbocycles. The highest BCUT2D eigenvalue weighted by atomic mass is 32.3. The van der Waals surface area contributed by atoms with Crippen molar-refractivity contribution in [2.75, 3.05) is 0 Å². The lowest BCUT2D eigenvalue weighted by Gasteiger charge is -2.19. The first-order valence-electron chi connectivity index (χ1n) is 4.46. The van der Waals surface area contributed by atoms with E-state index in [4.69, 9.17) is 0 Å². The molecule has 0 aliphatic rings. The van der Waals surface area contributed by atoms with E-state index in [-0.39, 0.29) is 18.2 Å². The maximum atomic E-state index is 13.0. The van der Waals surface area contributed by atoms with Gasteiger partial charge in [0.05, 0.1) is 4.92 Å². The number of hydrogen-bond acceptors (Lipinski definition) is 4. The molecule has 0 N–H and O–H groups in total. The standard InChI is InChI=1S/C8H3F6NO4S/c9-7(10,8(11,12)13)4-1-5(15(16)17)3-6(2-4)20(14,18)19/h1-3H. The van der Waals surface area contributed by atoms with Gasteiger partial charge >= 0.3 is 22.3 Å². The molecule has 0 saturated carbocycles. The van der Waals surface area contributed by atoms with Gasteiger partial charge in [0.2, 0.25) is 0 Å². The van der Waals surface area contributed by atoms with Crippen LogP contribution in [-0.2, 0) is 16.1 Å². The molecule has 0 atom stereocenters. The Morgan fingerprint density at radius 2 is 1.55 bits per heavy atom. The summed E-state index contributed by atoms with van der Waals surface area (Å²) in [5.41, 5.74) is -3.46. The van der Waals surface area contributed by atoms with Gasteiger partial charge in [-0.05, 0) is 6.07 Å². The lowest BCUT2D eigenvalue weighted by atomic mass is 10.1. The molecule has 1 aromatic rings. The smallest absolute Gasteiger partial charge is 0.258 e. The van der Waals surface area contributed by atoms with Crippen molar-refractivity contribution >= 4 is 15.9 Å². The number of halogens is 6. The molecule has 0 radical (unpaired) electrons. The number of nitro groups is 1. The average molecular weight is 323 g/mol. The van der Waals surface area contributed by atoms with E-state index < -0.39 is 43.4 Å². The Labute approximate surface area is 107 Å². The van der Waals surface area contributed by atoms with Gasteiger partial charge in [-0.15, -0.1) is 3.89 Å². The van der Waals surface area contributed by atoms with Crippen LogP contribution in [0.25, 0.3) is 0 Å². The van der Waals surface area contributed by atoms with Crippen molar-refractivity contribution in [1.82, 2.24) is 0 Å². The van der Waals surface area contributed by atoms with Crippen LogP contribution in [0.1, 0.15) is 5.56 Å². The number of nitrogens with zero attached hydrogens (tertiary/aromatic N) is 1. The van der Waals surface area contributed by atoms with E-state index in [1.54, 1.807) is 0 Å². The molecule has 0 aromatic heterocycles. The maximum Gasteiger partial charge on any atom is 0.458 e. The van der Waals surface area contributed by atoms with E-state index >= 15 is 0 Å². The molecule has 20 heavy (non-hydrogen) atoms. The van der Waals surface area contributed by atoms with E-state index in [0.717, 1.165) is 0 Å². The Hall–Kier alpha value is -1.85. The lowest BCUT2D eigenvalue weighted by molar-refractivity contribution is -0.385. The Balaban J connectivity index is 3.65. The van der Waals surface area contributed by atoms with E-state index in [1.807, 2.05) is 0 Å². The highest BCUT2D eigenvalue weighted by Gasteiger charge is 2.59. The first-order chi connectivity index (χ1) is 8.76. The van der Waals surface area contributed by atoms with Crippen molar-refractivity contribution in [1.29, 1.82) is 0 Å². The average Bonchev–Trinajstić information content (AvgIpc) is 2.25. The Morgan fingerprint density at radius 1 is 1.05 bits per heavy atom. The van der Waals surface area contributed by atoms with Gasteiger partial charge in [-0.2, -0.15) is 30.4 Å². The number of benzene rings is 1. The molecule has 1 rings (SSSR count). The van der Waals surface area contributed by atoms with Crippen LogP contribution in [0.15, 0.2) is 23.1 Å². The number of rotatable bonds is 3. The normalized spacial score (nSPS) is 13.3. The zero-order valence-electron chi connectivity index (χ0n) is 8.99. The third kappa shape index (κ3) is 3.00. The molecule has 0 aliphatic carbocycles. The second-order valence-electron chi connectivity index (χ2n) is 3.48. The number of alkyl halides is 5. The monoisotopic (exact) mass is 323 g/mol. The van der Waals surface area contributed by atoms with Crippen LogP contribution in [-0.4, -0.2) is 19.5 Å². The maximum absolute atomic E-state index is 13.0. The molecule has 0 bridgehead atoms. The third-order valence-corrected chi connectivity index (χ3v) is 2.90. The lowest BCUT2D eigenvalue weighted by Crippen LogP contribution is -2.33. The van der Waals surface area contributed by atoms with Crippen molar-refractivity contribution in [2.24, 2.45) is 0 Å². The second kappa shape index (κ2) is 4.61. The van der Waals surface area contributed by atoms with Gasteiger partial charge in [0, 0.05) is 17.7 Å². The molecule has 0 spiro atoms. The van der Waals surface area contributed by atoms with Gasteiger partial charge in [-0.25, -0.2) is 0 Å². The van der Waals surface area contributed by atoms with Crippen molar-refractivity contribution in [3.8, 4) is 0 Å². The minimum absolute atomic E-state index is 0.0330. The highest BCUT2D eigenvalue weighted by Crippen LogP contribution is 2.45.